The summed E-state index contributed by atoms with van der Waals surface area (Å²) in [6.45, 7) is 1.26. The van der Waals surface area contributed by atoms with Crippen LogP contribution in [0.4, 0.5) is 5.82 Å². The molecule has 0 aliphatic carbocycles. The van der Waals surface area contributed by atoms with E-state index in [9.17, 15) is 4.79 Å². The molecule has 15 heavy (non-hydrogen) atoms. The largest absolute Gasteiger partial charge is 0.353 e. The lowest BCUT2D eigenvalue weighted by Crippen LogP contribution is -2.35. The number of anilines is 1. The minimum atomic E-state index is 0.272. The van der Waals surface area contributed by atoms with Crippen molar-refractivity contribution < 1.29 is 4.79 Å². The average molecular weight is 202 g/mol. The number of hydrogen-bond acceptors (Lipinski definition) is 5. The molecule has 2 heterocycles. The lowest BCUT2D eigenvalue weighted by molar-refractivity contribution is -0.119. The highest BCUT2D eigenvalue weighted by Gasteiger charge is 2.19. The molecule has 0 spiro atoms. The Hall–Kier alpha value is -1.96. The van der Waals surface area contributed by atoms with E-state index < -0.39 is 0 Å². The zero-order chi connectivity index (χ0) is 10.7. The Balaban J connectivity index is 2.23. The van der Waals surface area contributed by atoms with E-state index in [4.69, 9.17) is 5.26 Å². The molecule has 0 unspecified atom stereocenters. The highest BCUT2D eigenvalue weighted by Crippen LogP contribution is 2.18. The first-order valence-corrected chi connectivity index (χ1v) is 4.79. The summed E-state index contributed by atoms with van der Waals surface area (Å²) in [4.78, 5) is 13.0. The van der Waals surface area contributed by atoms with Crippen LogP contribution >= 0.6 is 0 Å². The van der Waals surface area contributed by atoms with Crippen LogP contribution in [0.5, 0.6) is 0 Å². The molecular formula is C10H10N4O. The molecular weight excluding hydrogens is 192 g/mol. The number of carbonyl (C=O) groups excluding carboxylic acids is 1. The van der Waals surface area contributed by atoms with E-state index in [1.54, 1.807) is 6.07 Å². The summed E-state index contributed by atoms with van der Waals surface area (Å²) in [7, 11) is 0. The van der Waals surface area contributed by atoms with E-state index in [1.165, 1.54) is 6.20 Å². The van der Waals surface area contributed by atoms with Gasteiger partial charge in [-0.25, -0.2) is 0 Å². The van der Waals surface area contributed by atoms with Gasteiger partial charge in [0.25, 0.3) is 0 Å². The molecule has 0 saturated carbocycles. The standard InChI is InChI=1S/C10H10N4O/c11-7-8-1-4-12-13-10(8)14-5-2-9(15)3-6-14/h1,4H,2-3,5-6H2. The van der Waals surface area contributed by atoms with Crippen molar-refractivity contribution in [1.29, 1.82) is 5.26 Å². The van der Waals surface area contributed by atoms with Crippen LogP contribution in [0.2, 0.25) is 0 Å². The van der Waals surface area contributed by atoms with E-state index in [1.807, 2.05) is 4.90 Å². The molecule has 1 aromatic heterocycles. The maximum absolute atomic E-state index is 11.1. The normalized spacial score (nSPS) is 16.2. The fraction of sp³-hybridized carbons (Fsp3) is 0.400. The van der Waals surface area contributed by atoms with E-state index in [2.05, 4.69) is 16.3 Å². The quantitative estimate of drug-likeness (QED) is 0.663. The predicted octanol–water partition coefficient (Wildman–Crippen LogP) is 0.518. The molecule has 0 atom stereocenters. The molecule has 0 N–H and O–H groups in total. The summed E-state index contributed by atoms with van der Waals surface area (Å²) in [6.07, 6.45) is 2.56. The van der Waals surface area contributed by atoms with Crippen molar-refractivity contribution in [2.45, 2.75) is 12.8 Å². The smallest absolute Gasteiger partial charge is 0.169 e. The fourth-order valence-electron chi connectivity index (χ4n) is 1.61. The molecule has 76 valence electrons. The zero-order valence-electron chi connectivity index (χ0n) is 8.18. The second-order valence-electron chi connectivity index (χ2n) is 3.41. The SMILES string of the molecule is N#Cc1ccnnc1N1CCC(=O)CC1. The van der Waals surface area contributed by atoms with E-state index >= 15 is 0 Å². The van der Waals surface area contributed by atoms with Crippen molar-refractivity contribution in [3.8, 4) is 6.07 Å². The Kier molecular flexibility index (Phi) is 2.59. The number of nitrogens with zero attached hydrogens (tertiary/aromatic N) is 4. The highest BCUT2D eigenvalue weighted by molar-refractivity contribution is 5.81. The van der Waals surface area contributed by atoms with E-state index in [0.29, 0.717) is 37.3 Å². The van der Waals surface area contributed by atoms with Gasteiger partial charge >= 0.3 is 0 Å². The summed E-state index contributed by atoms with van der Waals surface area (Å²) in [6, 6.07) is 3.71. The Labute approximate surface area is 87.3 Å². The molecule has 1 saturated heterocycles. The number of piperidine rings is 1. The molecule has 0 bridgehead atoms. The molecule has 1 aromatic rings. The molecule has 2 rings (SSSR count). The molecule has 0 radical (unpaired) electrons. The summed E-state index contributed by atoms with van der Waals surface area (Å²) in [5.41, 5.74) is 0.513. The first kappa shape index (κ1) is 9.59. The van der Waals surface area contributed by atoms with E-state index in [-0.39, 0.29) is 5.78 Å². The van der Waals surface area contributed by atoms with Crippen molar-refractivity contribution in [2.75, 3.05) is 18.0 Å². The van der Waals surface area contributed by atoms with Crippen molar-refractivity contribution in [2.24, 2.45) is 0 Å². The highest BCUT2D eigenvalue weighted by atomic mass is 16.1. The second-order valence-corrected chi connectivity index (χ2v) is 3.41. The predicted molar refractivity (Wildman–Crippen MR) is 53.2 cm³/mol. The third-order valence-corrected chi connectivity index (χ3v) is 2.44. The number of hydrogen-bond donors (Lipinski definition) is 0. The number of Topliss-reactive ketones (excluding diaryl/α,β-unsaturated/α-hetero) is 1. The monoisotopic (exact) mass is 202 g/mol. The summed E-state index contributed by atoms with van der Waals surface area (Å²) < 4.78 is 0. The van der Waals surface area contributed by atoms with Crippen LogP contribution in [0.15, 0.2) is 12.3 Å². The van der Waals surface area contributed by atoms with Gasteiger partial charge in [-0.3, -0.25) is 4.79 Å². The van der Waals surface area contributed by atoms with Crippen molar-refractivity contribution in [3.63, 3.8) is 0 Å². The van der Waals surface area contributed by atoms with Crippen molar-refractivity contribution in [1.82, 2.24) is 10.2 Å². The maximum atomic E-state index is 11.1. The summed E-state index contributed by atoms with van der Waals surface area (Å²) in [5, 5.41) is 16.6. The van der Waals surface area contributed by atoms with Gasteiger partial charge < -0.3 is 4.90 Å². The van der Waals surface area contributed by atoms with Gasteiger partial charge in [-0.15, -0.1) is 5.10 Å². The van der Waals surface area contributed by atoms with Gasteiger partial charge in [0.05, 0.1) is 11.8 Å². The third kappa shape index (κ3) is 1.94. The summed E-state index contributed by atoms with van der Waals surface area (Å²) >= 11 is 0. The second kappa shape index (κ2) is 4.05. The zero-order valence-corrected chi connectivity index (χ0v) is 8.18. The molecule has 0 amide bonds. The Bertz CT molecular complexity index is 414. The van der Waals surface area contributed by atoms with Gasteiger partial charge in [0, 0.05) is 25.9 Å². The van der Waals surface area contributed by atoms with Gasteiger partial charge in [0.15, 0.2) is 5.82 Å². The molecule has 5 nitrogen and oxygen atoms in total. The lowest BCUT2D eigenvalue weighted by atomic mass is 10.1. The van der Waals surface area contributed by atoms with Crippen LogP contribution in [0, 0.1) is 11.3 Å². The van der Waals surface area contributed by atoms with Crippen LogP contribution in [0.1, 0.15) is 18.4 Å². The van der Waals surface area contributed by atoms with Crippen LogP contribution < -0.4 is 4.90 Å². The maximum Gasteiger partial charge on any atom is 0.169 e. The molecule has 5 heteroatoms. The Morgan fingerprint density at radius 2 is 2.13 bits per heavy atom. The molecule has 0 aromatic carbocycles. The number of nitriles is 1. The van der Waals surface area contributed by atoms with Gasteiger partial charge in [0.1, 0.15) is 11.9 Å². The molecule has 1 aliphatic rings. The third-order valence-electron chi connectivity index (χ3n) is 2.44. The number of rotatable bonds is 1. The van der Waals surface area contributed by atoms with Crippen molar-refractivity contribution in [3.05, 3.63) is 17.8 Å². The molecule has 1 fully saturated rings. The average Bonchev–Trinajstić information content (AvgIpc) is 2.30. The topological polar surface area (TPSA) is 69.9 Å². The number of carbonyl (C=O) groups is 1. The van der Waals surface area contributed by atoms with Crippen LogP contribution in [0.3, 0.4) is 0 Å². The fourth-order valence-corrected chi connectivity index (χ4v) is 1.61. The van der Waals surface area contributed by atoms with Crippen LogP contribution in [-0.2, 0) is 4.79 Å². The van der Waals surface area contributed by atoms with Gasteiger partial charge in [-0.1, -0.05) is 0 Å². The van der Waals surface area contributed by atoms with Crippen LogP contribution in [0.25, 0.3) is 0 Å². The van der Waals surface area contributed by atoms with Crippen LogP contribution in [-0.4, -0.2) is 29.1 Å². The van der Waals surface area contributed by atoms with Gasteiger partial charge in [0.2, 0.25) is 0 Å². The number of ketones is 1. The Morgan fingerprint density at radius 3 is 2.80 bits per heavy atom. The summed E-state index contributed by atoms with van der Waals surface area (Å²) in [5.74, 6) is 0.862. The number of aromatic nitrogens is 2. The molecule has 1 aliphatic heterocycles. The minimum absolute atomic E-state index is 0.272. The first-order chi connectivity index (χ1) is 7.31. The van der Waals surface area contributed by atoms with Crippen molar-refractivity contribution >= 4 is 11.6 Å². The first-order valence-electron chi connectivity index (χ1n) is 4.79. The lowest BCUT2D eigenvalue weighted by Gasteiger charge is -2.26. The van der Waals surface area contributed by atoms with E-state index in [0.717, 1.165) is 0 Å². The minimum Gasteiger partial charge on any atom is -0.353 e. The van der Waals surface area contributed by atoms with Gasteiger partial charge in [-0.2, -0.15) is 10.4 Å². The Morgan fingerprint density at radius 1 is 1.40 bits per heavy atom. The van der Waals surface area contributed by atoms with Gasteiger partial charge in [-0.05, 0) is 6.07 Å².